The van der Waals surface area contributed by atoms with Crippen molar-refractivity contribution in [2.75, 3.05) is 26.6 Å². The molecule has 1 heterocycles. The number of anilines is 1. The van der Waals surface area contributed by atoms with E-state index in [1.165, 1.54) is 39.5 Å². The predicted molar refractivity (Wildman–Crippen MR) is 118 cm³/mol. The Labute approximate surface area is 178 Å². The summed E-state index contributed by atoms with van der Waals surface area (Å²) < 4.78 is 15.3. The molecule has 154 valence electrons. The second-order valence-corrected chi connectivity index (χ2v) is 7.25. The molecule has 0 unspecified atom stereocenters. The van der Waals surface area contributed by atoms with E-state index in [2.05, 4.69) is 5.32 Å². The van der Waals surface area contributed by atoms with Crippen LogP contribution in [0, 0.1) is 0 Å². The molecule has 6 nitrogen and oxygen atoms in total. The van der Waals surface area contributed by atoms with Crippen molar-refractivity contribution in [1.29, 1.82) is 0 Å². The summed E-state index contributed by atoms with van der Waals surface area (Å²) in [4.78, 5) is 26.6. The third kappa shape index (κ3) is 4.87. The van der Waals surface area contributed by atoms with Gasteiger partial charge in [-0.3, -0.25) is 4.79 Å². The Hall–Kier alpha value is -3.58. The summed E-state index contributed by atoms with van der Waals surface area (Å²) in [7, 11) is 4.21. The Bertz CT molecular complexity index is 1070. The standard InChI is InChI=1S/C23H21NO5S/c1-27-19-13-17(23(26)29-3)18(14-20(19)28-2)24-22(25)12-10-16-9-11-21(30-16)15-7-5-4-6-8-15/h4-14H,1-3H3,(H,24,25)/b12-10+. The van der Waals surface area contributed by atoms with Crippen LogP contribution in [-0.2, 0) is 9.53 Å². The zero-order valence-electron chi connectivity index (χ0n) is 16.8. The van der Waals surface area contributed by atoms with E-state index in [9.17, 15) is 9.59 Å². The minimum absolute atomic E-state index is 0.166. The van der Waals surface area contributed by atoms with Crippen LogP contribution < -0.4 is 14.8 Å². The molecule has 1 amide bonds. The smallest absolute Gasteiger partial charge is 0.340 e. The maximum atomic E-state index is 12.5. The molecule has 0 saturated carbocycles. The zero-order chi connectivity index (χ0) is 21.5. The molecule has 0 radical (unpaired) electrons. The number of hydrogen-bond acceptors (Lipinski definition) is 6. The first-order chi connectivity index (χ1) is 14.5. The van der Waals surface area contributed by atoms with Crippen molar-refractivity contribution in [3.8, 4) is 21.9 Å². The number of benzene rings is 2. The van der Waals surface area contributed by atoms with Crippen LogP contribution in [0.5, 0.6) is 11.5 Å². The summed E-state index contributed by atoms with van der Waals surface area (Å²) >= 11 is 1.58. The van der Waals surface area contributed by atoms with Crippen molar-refractivity contribution in [2.45, 2.75) is 0 Å². The van der Waals surface area contributed by atoms with Crippen LogP contribution in [0.25, 0.3) is 16.5 Å². The third-order valence-corrected chi connectivity index (χ3v) is 5.37. The minimum atomic E-state index is -0.596. The fourth-order valence-electron chi connectivity index (χ4n) is 2.79. The van der Waals surface area contributed by atoms with Gasteiger partial charge in [-0.1, -0.05) is 30.3 Å². The lowest BCUT2D eigenvalue weighted by Gasteiger charge is -2.14. The van der Waals surface area contributed by atoms with E-state index < -0.39 is 5.97 Å². The second-order valence-electron chi connectivity index (χ2n) is 6.13. The summed E-state index contributed by atoms with van der Waals surface area (Å²) in [5, 5.41) is 2.70. The fourth-order valence-corrected chi connectivity index (χ4v) is 3.71. The van der Waals surface area contributed by atoms with Gasteiger partial charge in [0.1, 0.15) is 0 Å². The molecule has 0 atom stereocenters. The largest absolute Gasteiger partial charge is 0.493 e. The predicted octanol–water partition coefficient (Wildman–Crippen LogP) is 4.87. The molecular weight excluding hydrogens is 402 g/mol. The van der Waals surface area contributed by atoms with Gasteiger partial charge in [0, 0.05) is 28.0 Å². The molecular formula is C23H21NO5S. The quantitative estimate of drug-likeness (QED) is 0.433. The number of thiophene rings is 1. The molecule has 30 heavy (non-hydrogen) atoms. The molecule has 0 fully saturated rings. The first kappa shape index (κ1) is 21.1. The van der Waals surface area contributed by atoms with E-state index in [1.54, 1.807) is 17.4 Å². The van der Waals surface area contributed by atoms with Crippen molar-refractivity contribution < 1.29 is 23.8 Å². The van der Waals surface area contributed by atoms with Crippen molar-refractivity contribution in [3.63, 3.8) is 0 Å². The van der Waals surface area contributed by atoms with Crippen LogP contribution in [0.4, 0.5) is 5.69 Å². The summed E-state index contributed by atoms with van der Waals surface area (Å²) in [6.07, 6.45) is 3.14. The van der Waals surface area contributed by atoms with Gasteiger partial charge in [-0.25, -0.2) is 4.79 Å². The Morgan fingerprint density at radius 3 is 2.30 bits per heavy atom. The normalized spacial score (nSPS) is 10.6. The number of methoxy groups -OCH3 is 3. The van der Waals surface area contributed by atoms with Crippen LogP contribution in [0.15, 0.2) is 60.7 Å². The molecule has 0 aliphatic carbocycles. The maximum absolute atomic E-state index is 12.5. The van der Waals surface area contributed by atoms with E-state index in [0.29, 0.717) is 11.5 Å². The molecule has 3 aromatic rings. The van der Waals surface area contributed by atoms with Crippen molar-refractivity contribution in [3.05, 3.63) is 71.1 Å². The molecule has 0 aliphatic rings. The Kier molecular flexibility index (Phi) is 6.87. The monoisotopic (exact) mass is 423 g/mol. The van der Waals surface area contributed by atoms with Crippen LogP contribution in [0.2, 0.25) is 0 Å². The van der Waals surface area contributed by atoms with Gasteiger partial charge < -0.3 is 19.5 Å². The molecule has 0 saturated heterocycles. The average Bonchev–Trinajstić information content (AvgIpc) is 3.26. The molecule has 3 rings (SSSR count). The van der Waals surface area contributed by atoms with E-state index in [4.69, 9.17) is 14.2 Å². The van der Waals surface area contributed by atoms with E-state index in [1.807, 2.05) is 42.5 Å². The van der Waals surface area contributed by atoms with Gasteiger partial charge in [-0.15, -0.1) is 11.3 Å². The maximum Gasteiger partial charge on any atom is 0.340 e. The van der Waals surface area contributed by atoms with Crippen LogP contribution >= 0.6 is 11.3 Å². The molecule has 0 spiro atoms. The van der Waals surface area contributed by atoms with Crippen molar-refractivity contribution >= 4 is 35.0 Å². The summed E-state index contributed by atoms with van der Waals surface area (Å²) in [5.41, 5.74) is 1.56. The van der Waals surface area contributed by atoms with Gasteiger partial charge in [-0.05, 0) is 23.8 Å². The highest BCUT2D eigenvalue weighted by molar-refractivity contribution is 7.16. The van der Waals surface area contributed by atoms with Crippen molar-refractivity contribution in [2.24, 2.45) is 0 Å². The topological polar surface area (TPSA) is 73.9 Å². The lowest BCUT2D eigenvalue weighted by molar-refractivity contribution is -0.111. The molecule has 2 aromatic carbocycles. The molecule has 7 heteroatoms. The highest BCUT2D eigenvalue weighted by Gasteiger charge is 2.18. The number of amides is 1. The lowest BCUT2D eigenvalue weighted by Crippen LogP contribution is -2.13. The van der Waals surface area contributed by atoms with Crippen molar-refractivity contribution in [1.82, 2.24) is 0 Å². The van der Waals surface area contributed by atoms with Gasteiger partial charge >= 0.3 is 5.97 Å². The highest BCUT2D eigenvalue weighted by atomic mass is 32.1. The van der Waals surface area contributed by atoms with E-state index in [-0.39, 0.29) is 17.2 Å². The van der Waals surface area contributed by atoms with E-state index in [0.717, 1.165) is 15.3 Å². The SMILES string of the molecule is COC(=O)c1cc(OC)c(OC)cc1NC(=O)/C=C/c1ccc(-c2ccccc2)s1. The molecule has 1 N–H and O–H groups in total. The number of rotatable bonds is 7. The Morgan fingerprint density at radius 1 is 0.933 bits per heavy atom. The van der Waals surface area contributed by atoms with Crippen LogP contribution in [-0.4, -0.2) is 33.2 Å². The average molecular weight is 423 g/mol. The second kappa shape index (κ2) is 9.76. The van der Waals surface area contributed by atoms with Crippen LogP contribution in [0.3, 0.4) is 0 Å². The number of carbonyl (C=O) groups excluding carboxylic acids is 2. The lowest BCUT2D eigenvalue weighted by atomic mass is 10.1. The van der Waals surface area contributed by atoms with Crippen LogP contribution in [0.1, 0.15) is 15.2 Å². The molecule has 0 aliphatic heterocycles. The molecule has 0 bridgehead atoms. The van der Waals surface area contributed by atoms with Gasteiger partial charge in [-0.2, -0.15) is 0 Å². The minimum Gasteiger partial charge on any atom is -0.493 e. The van der Waals surface area contributed by atoms with Gasteiger partial charge in [0.2, 0.25) is 5.91 Å². The first-order valence-electron chi connectivity index (χ1n) is 9.04. The fraction of sp³-hybridized carbons (Fsp3) is 0.130. The number of hydrogen-bond donors (Lipinski definition) is 1. The number of carbonyl (C=O) groups is 2. The van der Waals surface area contributed by atoms with E-state index >= 15 is 0 Å². The van der Waals surface area contributed by atoms with Gasteiger partial charge in [0.15, 0.2) is 11.5 Å². The summed E-state index contributed by atoms with van der Waals surface area (Å²) in [5.74, 6) is -0.239. The number of ether oxygens (including phenoxy) is 3. The zero-order valence-corrected chi connectivity index (χ0v) is 17.6. The summed E-state index contributed by atoms with van der Waals surface area (Å²) in [6, 6.07) is 17.0. The highest BCUT2D eigenvalue weighted by Crippen LogP contribution is 2.34. The van der Waals surface area contributed by atoms with Gasteiger partial charge in [0.05, 0.1) is 32.6 Å². The number of esters is 1. The first-order valence-corrected chi connectivity index (χ1v) is 9.86. The molecule has 1 aromatic heterocycles. The Morgan fingerprint density at radius 2 is 1.63 bits per heavy atom. The third-order valence-electron chi connectivity index (χ3n) is 4.27. The summed E-state index contributed by atoms with van der Waals surface area (Å²) in [6.45, 7) is 0. The number of nitrogens with one attached hydrogen (secondary N) is 1. The van der Waals surface area contributed by atoms with Gasteiger partial charge in [0.25, 0.3) is 0 Å². The Balaban J connectivity index is 1.79.